The summed E-state index contributed by atoms with van der Waals surface area (Å²) in [4.78, 5) is 42.1. The van der Waals surface area contributed by atoms with E-state index in [1.807, 2.05) is 12.1 Å². The van der Waals surface area contributed by atoms with E-state index in [0.29, 0.717) is 36.5 Å². The highest BCUT2D eigenvalue weighted by atomic mass is 19.1. The van der Waals surface area contributed by atoms with Crippen molar-refractivity contribution in [1.82, 2.24) is 29.8 Å². The van der Waals surface area contributed by atoms with E-state index in [1.165, 1.54) is 12.4 Å². The number of imidazole rings is 1. The SMILES string of the molecule is O=C(NCCc1ccccc1F)Oc1cc(N2CCC(n3c(=O)[nH]c4ncccc43)CC2)ncn1. The number of piperidine rings is 1. The second kappa shape index (κ2) is 9.92. The molecule has 2 N–H and O–H groups in total. The molecule has 1 aliphatic rings. The molecule has 1 fully saturated rings. The first-order valence-electron chi connectivity index (χ1n) is 11.4. The number of nitrogens with zero attached hydrogens (tertiary/aromatic N) is 5. The summed E-state index contributed by atoms with van der Waals surface area (Å²) in [7, 11) is 0. The monoisotopic (exact) mass is 477 g/mol. The number of hydrogen-bond acceptors (Lipinski definition) is 7. The molecule has 4 aromatic rings. The van der Waals surface area contributed by atoms with Gasteiger partial charge in [0.15, 0.2) is 5.65 Å². The molecule has 1 saturated heterocycles. The molecular weight excluding hydrogens is 453 g/mol. The summed E-state index contributed by atoms with van der Waals surface area (Å²) in [6, 6.07) is 11.8. The fraction of sp³-hybridized carbons (Fsp3) is 0.292. The number of nitrogens with one attached hydrogen (secondary N) is 2. The number of amides is 1. The number of H-pyrrole nitrogens is 1. The van der Waals surface area contributed by atoms with Crippen molar-refractivity contribution in [2.45, 2.75) is 25.3 Å². The Morgan fingerprint density at radius 1 is 1.14 bits per heavy atom. The lowest BCUT2D eigenvalue weighted by atomic mass is 10.0. The van der Waals surface area contributed by atoms with E-state index < -0.39 is 6.09 Å². The van der Waals surface area contributed by atoms with Crippen LogP contribution in [-0.4, -0.2) is 50.2 Å². The Hall–Kier alpha value is -4.28. The molecule has 1 amide bonds. The summed E-state index contributed by atoms with van der Waals surface area (Å²) in [6.07, 6.45) is 4.18. The van der Waals surface area contributed by atoms with Gasteiger partial charge in [0, 0.05) is 37.9 Å². The summed E-state index contributed by atoms with van der Waals surface area (Å²) in [6.45, 7) is 1.58. The molecule has 0 unspecified atom stereocenters. The van der Waals surface area contributed by atoms with Crippen LogP contribution in [0.15, 0.2) is 59.8 Å². The maximum Gasteiger partial charge on any atom is 0.413 e. The average Bonchev–Trinajstić information content (AvgIpc) is 3.21. The van der Waals surface area contributed by atoms with Gasteiger partial charge < -0.3 is 15.0 Å². The number of halogens is 1. The summed E-state index contributed by atoms with van der Waals surface area (Å²) in [5.41, 5.74) is 1.75. The molecule has 180 valence electrons. The highest BCUT2D eigenvalue weighted by molar-refractivity contribution is 5.71. The number of hydrogen-bond donors (Lipinski definition) is 2. The van der Waals surface area contributed by atoms with Crippen LogP contribution in [0.1, 0.15) is 24.4 Å². The van der Waals surface area contributed by atoms with Crippen LogP contribution in [0.4, 0.5) is 15.0 Å². The first kappa shape index (κ1) is 22.5. The van der Waals surface area contributed by atoms with Crippen LogP contribution >= 0.6 is 0 Å². The normalized spacial score (nSPS) is 14.3. The number of carbonyl (C=O) groups is 1. The number of aromatic nitrogens is 5. The molecule has 0 bridgehead atoms. The molecule has 0 radical (unpaired) electrons. The van der Waals surface area contributed by atoms with Gasteiger partial charge in [-0.15, -0.1) is 0 Å². The Morgan fingerprint density at radius 2 is 1.97 bits per heavy atom. The van der Waals surface area contributed by atoms with E-state index in [-0.39, 0.29) is 30.0 Å². The van der Waals surface area contributed by atoms with E-state index in [0.717, 1.165) is 18.4 Å². The molecule has 0 aliphatic carbocycles. The zero-order valence-electron chi connectivity index (χ0n) is 18.9. The third-order valence-corrected chi connectivity index (χ3v) is 6.09. The highest BCUT2D eigenvalue weighted by Crippen LogP contribution is 2.27. The fourth-order valence-corrected chi connectivity index (χ4v) is 4.36. The van der Waals surface area contributed by atoms with Crippen LogP contribution in [-0.2, 0) is 6.42 Å². The van der Waals surface area contributed by atoms with Gasteiger partial charge in [0.05, 0.1) is 5.52 Å². The average molecular weight is 478 g/mol. The molecule has 3 aromatic heterocycles. The van der Waals surface area contributed by atoms with Gasteiger partial charge in [-0.3, -0.25) is 9.55 Å². The summed E-state index contributed by atoms with van der Waals surface area (Å²) >= 11 is 0. The topological polar surface area (TPSA) is 118 Å². The zero-order chi connectivity index (χ0) is 24.2. The highest BCUT2D eigenvalue weighted by Gasteiger charge is 2.25. The maximum atomic E-state index is 13.7. The lowest BCUT2D eigenvalue weighted by molar-refractivity contribution is 0.198. The lowest BCUT2D eigenvalue weighted by Gasteiger charge is -2.33. The summed E-state index contributed by atoms with van der Waals surface area (Å²) in [5.74, 6) is 0.457. The Balaban J connectivity index is 1.17. The van der Waals surface area contributed by atoms with E-state index >= 15 is 0 Å². The smallest absolute Gasteiger partial charge is 0.391 e. The van der Waals surface area contributed by atoms with E-state index in [4.69, 9.17) is 4.74 Å². The van der Waals surface area contributed by atoms with Crippen molar-refractivity contribution in [1.29, 1.82) is 0 Å². The Bertz CT molecular complexity index is 1400. The molecule has 10 nitrogen and oxygen atoms in total. The van der Waals surface area contributed by atoms with Crippen molar-refractivity contribution in [3.05, 3.63) is 76.9 Å². The van der Waals surface area contributed by atoms with Crippen LogP contribution < -0.4 is 20.6 Å². The molecule has 1 aromatic carbocycles. The minimum Gasteiger partial charge on any atom is -0.391 e. The predicted molar refractivity (Wildman–Crippen MR) is 127 cm³/mol. The number of fused-ring (bicyclic) bond motifs is 1. The molecule has 5 rings (SSSR count). The molecular formula is C24H24FN7O3. The van der Waals surface area contributed by atoms with Gasteiger partial charge in [-0.2, -0.15) is 0 Å². The summed E-state index contributed by atoms with van der Waals surface area (Å²) < 4.78 is 20.7. The number of aromatic amines is 1. The van der Waals surface area contributed by atoms with Crippen LogP contribution in [0, 0.1) is 5.82 Å². The minimum absolute atomic E-state index is 0.0505. The van der Waals surface area contributed by atoms with Gasteiger partial charge in [-0.05, 0) is 43.0 Å². The first-order valence-corrected chi connectivity index (χ1v) is 11.4. The second-order valence-electron chi connectivity index (χ2n) is 8.26. The van der Waals surface area contributed by atoms with Gasteiger partial charge in [0.2, 0.25) is 5.88 Å². The van der Waals surface area contributed by atoms with Crippen molar-refractivity contribution in [3.63, 3.8) is 0 Å². The number of ether oxygens (including phenoxy) is 1. The van der Waals surface area contributed by atoms with Crippen LogP contribution in [0.3, 0.4) is 0 Å². The number of carbonyl (C=O) groups excluding carboxylic acids is 1. The predicted octanol–water partition coefficient (Wildman–Crippen LogP) is 2.83. The van der Waals surface area contributed by atoms with Gasteiger partial charge >= 0.3 is 11.8 Å². The summed E-state index contributed by atoms with van der Waals surface area (Å²) in [5, 5.41) is 2.60. The Kier molecular flexibility index (Phi) is 6.38. The van der Waals surface area contributed by atoms with Crippen LogP contribution in [0.2, 0.25) is 0 Å². The minimum atomic E-state index is -0.669. The first-order chi connectivity index (χ1) is 17.1. The fourth-order valence-electron chi connectivity index (χ4n) is 4.36. The quantitative estimate of drug-likeness (QED) is 0.438. The largest absolute Gasteiger partial charge is 0.413 e. The van der Waals surface area contributed by atoms with Crippen molar-refractivity contribution < 1.29 is 13.9 Å². The standard InChI is InChI=1S/C24H24FN7O3/c25-18-5-2-1-4-16(18)7-11-27-24(34)35-21-14-20(28-15-29-21)31-12-8-17(9-13-31)32-19-6-3-10-26-22(19)30-23(32)33/h1-6,10,14-15,17H,7-9,11-13H2,(H,27,34)(H,26,30,33). The molecule has 0 spiro atoms. The van der Waals surface area contributed by atoms with Crippen molar-refractivity contribution in [2.75, 3.05) is 24.5 Å². The second-order valence-corrected chi connectivity index (χ2v) is 8.26. The molecule has 0 saturated carbocycles. The van der Waals surface area contributed by atoms with Crippen molar-refractivity contribution in [2.24, 2.45) is 0 Å². The third-order valence-electron chi connectivity index (χ3n) is 6.09. The van der Waals surface area contributed by atoms with Crippen LogP contribution in [0.25, 0.3) is 11.2 Å². The van der Waals surface area contributed by atoms with E-state index in [9.17, 15) is 14.0 Å². The number of anilines is 1. The maximum absolute atomic E-state index is 13.7. The zero-order valence-corrected chi connectivity index (χ0v) is 18.9. The molecule has 35 heavy (non-hydrogen) atoms. The molecule has 0 atom stereocenters. The molecule has 1 aliphatic heterocycles. The van der Waals surface area contributed by atoms with Crippen molar-refractivity contribution in [3.8, 4) is 5.88 Å². The molecule has 11 heteroatoms. The number of rotatable bonds is 6. The van der Waals surface area contributed by atoms with Gasteiger partial charge in [0.25, 0.3) is 0 Å². The molecule has 4 heterocycles. The van der Waals surface area contributed by atoms with E-state index in [2.05, 4.69) is 30.2 Å². The van der Waals surface area contributed by atoms with Crippen molar-refractivity contribution >= 4 is 23.1 Å². The Labute approximate surface area is 199 Å². The number of pyridine rings is 1. The van der Waals surface area contributed by atoms with E-state index in [1.54, 1.807) is 35.0 Å². The van der Waals surface area contributed by atoms with Gasteiger partial charge in [-0.25, -0.2) is 28.9 Å². The third kappa shape index (κ3) is 4.98. The number of benzene rings is 1. The van der Waals surface area contributed by atoms with Crippen LogP contribution in [0.5, 0.6) is 5.88 Å². The van der Waals surface area contributed by atoms with Gasteiger partial charge in [0.1, 0.15) is 18.0 Å². The Morgan fingerprint density at radius 3 is 2.80 bits per heavy atom. The van der Waals surface area contributed by atoms with Gasteiger partial charge in [-0.1, -0.05) is 18.2 Å². The lowest BCUT2D eigenvalue weighted by Crippen LogP contribution is -2.37.